The molecule has 1 aliphatic heterocycles. The van der Waals surface area contributed by atoms with Crippen molar-refractivity contribution in [2.75, 3.05) is 12.3 Å². The molecule has 150 valence electrons. The zero-order chi connectivity index (χ0) is 19.4. The number of hydrogen-bond donors (Lipinski definition) is 3. The van der Waals surface area contributed by atoms with Crippen LogP contribution < -0.4 is 15.8 Å². The summed E-state index contributed by atoms with van der Waals surface area (Å²) in [5.74, 6) is 0.157. The Balaban J connectivity index is 0.00000280. The van der Waals surface area contributed by atoms with E-state index in [1.165, 1.54) is 6.07 Å². The number of rotatable bonds is 6. The average molecular weight is 423 g/mol. The highest BCUT2D eigenvalue weighted by atomic mass is 35.5. The Labute approximate surface area is 170 Å². The minimum Gasteiger partial charge on any atom is -0.399 e. The molecule has 2 aromatic carbocycles. The highest BCUT2D eigenvalue weighted by Crippen LogP contribution is 2.22. The fraction of sp³-hybridized carbons (Fsp3) is 0.263. The van der Waals surface area contributed by atoms with Crippen molar-refractivity contribution in [3.63, 3.8) is 0 Å². The first-order valence-corrected chi connectivity index (χ1v) is 10.1. The van der Waals surface area contributed by atoms with Gasteiger partial charge in [-0.3, -0.25) is 14.5 Å². The Morgan fingerprint density at radius 2 is 1.86 bits per heavy atom. The lowest BCUT2D eigenvalue weighted by Gasteiger charge is -2.09. The van der Waals surface area contributed by atoms with Gasteiger partial charge in [0.05, 0.1) is 10.9 Å². The van der Waals surface area contributed by atoms with E-state index in [9.17, 15) is 13.2 Å². The molecular weight excluding hydrogens is 400 g/mol. The van der Waals surface area contributed by atoms with Crippen molar-refractivity contribution in [1.29, 1.82) is 0 Å². The van der Waals surface area contributed by atoms with Crippen molar-refractivity contribution < 1.29 is 13.2 Å². The number of nitrogen functional groups attached to an aromatic ring is 1. The topological polar surface area (TPSA) is 114 Å². The smallest absolute Gasteiger partial charge is 0.263 e. The molecule has 4 N–H and O–H groups in total. The van der Waals surface area contributed by atoms with Crippen molar-refractivity contribution in [3.05, 3.63) is 59.7 Å². The molecule has 0 saturated carbocycles. The van der Waals surface area contributed by atoms with E-state index in [4.69, 9.17) is 5.73 Å². The van der Waals surface area contributed by atoms with Gasteiger partial charge in [0, 0.05) is 24.2 Å². The van der Waals surface area contributed by atoms with Gasteiger partial charge >= 0.3 is 0 Å². The Morgan fingerprint density at radius 3 is 2.57 bits per heavy atom. The third-order valence-corrected chi connectivity index (χ3v) is 5.61. The van der Waals surface area contributed by atoms with Gasteiger partial charge < -0.3 is 11.1 Å². The minimum atomic E-state index is -3.57. The quantitative estimate of drug-likeness (QED) is 0.616. The van der Waals surface area contributed by atoms with Crippen LogP contribution in [0.1, 0.15) is 24.5 Å². The summed E-state index contributed by atoms with van der Waals surface area (Å²) < 4.78 is 26.6. The van der Waals surface area contributed by atoms with Crippen LogP contribution in [0.4, 0.5) is 5.69 Å². The Hall–Kier alpha value is -2.58. The standard InChI is InChI=1S/C19H22N4O3S.ClH/c1-13(12-18(24)21-11-10-14-6-8-15(20)9-7-14)22-19-16-4-2-3-5-17(16)27(25,26)23-19;/h2-9,13H,10-12,20H2,1H3,(H,21,24)(H,22,23);1H. The summed E-state index contributed by atoms with van der Waals surface area (Å²) in [5, 5.41) is 2.86. The van der Waals surface area contributed by atoms with E-state index < -0.39 is 10.0 Å². The molecule has 1 heterocycles. The first-order chi connectivity index (χ1) is 12.8. The van der Waals surface area contributed by atoms with Gasteiger partial charge in [0.1, 0.15) is 5.84 Å². The number of anilines is 1. The van der Waals surface area contributed by atoms with Crippen molar-refractivity contribution in [1.82, 2.24) is 10.0 Å². The van der Waals surface area contributed by atoms with Crippen LogP contribution in [0.2, 0.25) is 0 Å². The number of sulfonamides is 1. The van der Waals surface area contributed by atoms with Crippen molar-refractivity contribution >= 4 is 39.9 Å². The lowest BCUT2D eigenvalue weighted by atomic mass is 10.1. The summed E-state index contributed by atoms with van der Waals surface area (Å²) in [6, 6.07) is 13.8. The van der Waals surface area contributed by atoms with Gasteiger partial charge in [-0.2, -0.15) is 0 Å². The molecule has 7 nitrogen and oxygen atoms in total. The molecule has 9 heteroatoms. The van der Waals surface area contributed by atoms with Gasteiger partial charge in [-0.1, -0.05) is 24.3 Å². The van der Waals surface area contributed by atoms with Crippen LogP contribution in [0.15, 0.2) is 58.4 Å². The molecule has 1 unspecified atom stereocenters. The van der Waals surface area contributed by atoms with E-state index in [0.29, 0.717) is 24.2 Å². The molecule has 3 rings (SSSR count). The first-order valence-electron chi connectivity index (χ1n) is 8.66. The summed E-state index contributed by atoms with van der Waals surface area (Å²) in [6.07, 6.45) is 0.886. The van der Waals surface area contributed by atoms with E-state index in [1.54, 1.807) is 25.1 Å². The second kappa shape index (κ2) is 9.07. The maximum absolute atomic E-state index is 12.1. The molecule has 2 aromatic rings. The summed E-state index contributed by atoms with van der Waals surface area (Å²) in [7, 11) is -3.57. The zero-order valence-electron chi connectivity index (χ0n) is 15.4. The molecule has 1 aliphatic rings. The normalized spacial score (nSPS) is 16.5. The Bertz CT molecular complexity index is 975. The third kappa shape index (κ3) is 5.24. The van der Waals surface area contributed by atoms with E-state index in [0.717, 1.165) is 5.56 Å². The van der Waals surface area contributed by atoms with Crippen molar-refractivity contribution in [3.8, 4) is 0 Å². The number of nitrogens with zero attached hydrogens (tertiary/aromatic N) is 1. The van der Waals surface area contributed by atoms with Crippen LogP contribution in [0.3, 0.4) is 0 Å². The molecule has 0 aliphatic carbocycles. The number of amides is 1. The van der Waals surface area contributed by atoms with Crippen LogP contribution >= 0.6 is 12.4 Å². The number of carbonyl (C=O) groups excluding carboxylic acids is 1. The van der Waals surface area contributed by atoms with Gasteiger partial charge in [-0.25, -0.2) is 8.42 Å². The number of aliphatic imine (C=N–C) groups is 1. The largest absolute Gasteiger partial charge is 0.399 e. The monoisotopic (exact) mass is 422 g/mol. The molecule has 0 fully saturated rings. The number of fused-ring (bicyclic) bond motifs is 1. The fourth-order valence-corrected chi connectivity index (χ4v) is 4.11. The number of benzene rings is 2. The number of halogens is 1. The van der Waals surface area contributed by atoms with E-state index in [-0.39, 0.29) is 41.5 Å². The number of nitrogens with two attached hydrogens (primary N) is 1. The number of nitrogens with one attached hydrogen (secondary N) is 2. The summed E-state index contributed by atoms with van der Waals surface area (Å²) >= 11 is 0. The Kier molecular flexibility index (Phi) is 7.04. The van der Waals surface area contributed by atoms with Crippen LogP contribution in [0, 0.1) is 0 Å². The predicted octanol–water partition coefficient (Wildman–Crippen LogP) is 1.87. The second-order valence-electron chi connectivity index (χ2n) is 6.47. The van der Waals surface area contributed by atoms with Gasteiger partial charge in [-0.05, 0) is 43.2 Å². The number of carbonyl (C=O) groups is 1. The van der Waals surface area contributed by atoms with Gasteiger partial charge in [0.15, 0.2) is 0 Å². The molecule has 0 bridgehead atoms. The molecule has 28 heavy (non-hydrogen) atoms. The second-order valence-corrected chi connectivity index (χ2v) is 8.12. The molecule has 1 amide bonds. The highest BCUT2D eigenvalue weighted by Gasteiger charge is 2.30. The Morgan fingerprint density at radius 1 is 1.18 bits per heavy atom. The van der Waals surface area contributed by atoms with Gasteiger partial charge in [-0.15, -0.1) is 12.4 Å². The van der Waals surface area contributed by atoms with E-state index >= 15 is 0 Å². The first kappa shape index (κ1) is 21.7. The van der Waals surface area contributed by atoms with Crippen LogP contribution in [0.5, 0.6) is 0 Å². The van der Waals surface area contributed by atoms with E-state index in [1.807, 2.05) is 24.3 Å². The summed E-state index contributed by atoms with van der Waals surface area (Å²) in [6.45, 7) is 2.29. The number of amidine groups is 1. The summed E-state index contributed by atoms with van der Waals surface area (Å²) in [5.41, 5.74) is 7.98. The van der Waals surface area contributed by atoms with Crippen LogP contribution in [-0.2, 0) is 21.2 Å². The van der Waals surface area contributed by atoms with Crippen LogP contribution in [0.25, 0.3) is 0 Å². The lowest BCUT2D eigenvalue weighted by molar-refractivity contribution is -0.121. The molecule has 0 radical (unpaired) electrons. The van der Waals surface area contributed by atoms with Crippen molar-refractivity contribution in [2.24, 2.45) is 4.99 Å². The SMILES string of the molecule is CC(CC(=O)NCCc1ccc(N)cc1)N=C1NS(=O)(=O)c2ccccc21.Cl. The van der Waals surface area contributed by atoms with E-state index in [2.05, 4.69) is 15.0 Å². The highest BCUT2D eigenvalue weighted by molar-refractivity contribution is 7.90. The van der Waals surface area contributed by atoms with Gasteiger partial charge in [0.25, 0.3) is 10.0 Å². The van der Waals surface area contributed by atoms with Crippen molar-refractivity contribution in [2.45, 2.75) is 30.7 Å². The lowest BCUT2D eigenvalue weighted by Crippen LogP contribution is -2.29. The zero-order valence-corrected chi connectivity index (χ0v) is 17.0. The molecular formula is C19H23ClN4O3S. The van der Waals surface area contributed by atoms with Crippen LogP contribution in [-0.4, -0.2) is 32.7 Å². The maximum atomic E-state index is 12.1. The fourth-order valence-electron chi connectivity index (χ4n) is 2.87. The minimum absolute atomic E-state index is 0. The number of hydrogen-bond acceptors (Lipinski definition) is 5. The molecule has 0 spiro atoms. The molecule has 0 saturated heterocycles. The molecule has 1 atom stereocenters. The summed E-state index contributed by atoms with van der Waals surface area (Å²) in [4.78, 5) is 16.7. The van der Waals surface area contributed by atoms with Gasteiger partial charge in [0.2, 0.25) is 5.91 Å². The third-order valence-electron chi connectivity index (χ3n) is 4.21. The average Bonchev–Trinajstić information content (AvgIpc) is 2.87. The predicted molar refractivity (Wildman–Crippen MR) is 112 cm³/mol. The molecule has 0 aromatic heterocycles. The maximum Gasteiger partial charge on any atom is 0.263 e.